The second-order valence-electron chi connectivity index (χ2n) is 10.4. The van der Waals surface area contributed by atoms with Crippen molar-refractivity contribution in [3.05, 3.63) is 34.9 Å². The van der Waals surface area contributed by atoms with E-state index in [1.54, 1.807) is 27.7 Å². The molecule has 0 aliphatic heterocycles. The van der Waals surface area contributed by atoms with E-state index in [0.29, 0.717) is 0 Å². The molecule has 2 aromatic heterocycles. The summed E-state index contributed by atoms with van der Waals surface area (Å²) in [6.45, 7) is 6.23. The molecule has 54 heavy (non-hydrogen) atoms. The van der Waals surface area contributed by atoms with Crippen LogP contribution in [0.5, 0.6) is 34.5 Å². The molecule has 20 heteroatoms. The SMILES string of the molecule is CCOC(=O)c1nnn(-c2cc(OC)c(OC)c(-c3c(OC)c(OC)cc(-n4nnc(C(=O)OCC)c4C(=O)OCC)c3OC)c2OC)c1C(=O)OCC. The zero-order valence-electron chi connectivity index (χ0n) is 31.4. The standard InChI is InChI=1S/C34H40N6O14/c1-11-51-31(41)23-25(33(43)53-13-3)39(37-35-23)17-15-19(45-5)29(49-9)21(27(17)47-7)22-28(48-8)18(16-20(46-6)30(22)50-10)40-26(34(44)54-14-4)24(36-38-40)32(42)52-12-2/h15-16H,11-14H2,1-10H3. The summed E-state index contributed by atoms with van der Waals surface area (Å²) in [5, 5.41) is 16.1. The summed E-state index contributed by atoms with van der Waals surface area (Å²) in [7, 11) is 8.09. The maximum atomic E-state index is 13.4. The minimum Gasteiger partial charge on any atom is -0.494 e. The molecule has 0 aliphatic rings. The van der Waals surface area contributed by atoms with Crippen LogP contribution >= 0.6 is 0 Å². The third-order valence-corrected chi connectivity index (χ3v) is 7.54. The van der Waals surface area contributed by atoms with Gasteiger partial charge in [0, 0.05) is 12.1 Å². The van der Waals surface area contributed by atoms with Crippen molar-refractivity contribution in [2.45, 2.75) is 27.7 Å². The Bertz CT molecular complexity index is 1900. The Morgan fingerprint density at radius 1 is 0.481 bits per heavy atom. The molecule has 20 nitrogen and oxygen atoms in total. The predicted octanol–water partition coefficient (Wildman–Crippen LogP) is 3.27. The first-order valence-electron chi connectivity index (χ1n) is 16.3. The largest absolute Gasteiger partial charge is 0.494 e. The second-order valence-corrected chi connectivity index (χ2v) is 10.4. The minimum absolute atomic E-state index is 0.00212. The molecule has 0 N–H and O–H groups in total. The van der Waals surface area contributed by atoms with E-state index in [1.165, 1.54) is 54.8 Å². The zero-order valence-corrected chi connectivity index (χ0v) is 31.4. The quantitative estimate of drug-likeness (QED) is 0.111. The highest BCUT2D eigenvalue weighted by Crippen LogP contribution is 2.57. The third kappa shape index (κ3) is 7.21. The third-order valence-electron chi connectivity index (χ3n) is 7.54. The van der Waals surface area contributed by atoms with Crippen LogP contribution in [0.15, 0.2) is 12.1 Å². The van der Waals surface area contributed by atoms with Crippen LogP contribution in [0.2, 0.25) is 0 Å². The van der Waals surface area contributed by atoms with Crippen LogP contribution in [0.4, 0.5) is 0 Å². The topological polar surface area (TPSA) is 222 Å². The first-order chi connectivity index (χ1) is 26.1. The molecule has 0 spiro atoms. The Balaban J connectivity index is 2.25. The summed E-state index contributed by atoms with van der Waals surface area (Å²) in [5.41, 5.74) is -1.49. The Morgan fingerprint density at radius 2 is 0.796 bits per heavy atom. The fraction of sp³-hybridized carbons (Fsp3) is 0.412. The van der Waals surface area contributed by atoms with Gasteiger partial charge in [0.25, 0.3) is 0 Å². The van der Waals surface area contributed by atoms with Crippen LogP contribution in [-0.4, -0.2) is 123 Å². The molecular formula is C34H40N6O14. The molecular weight excluding hydrogens is 716 g/mol. The van der Waals surface area contributed by atoms with Crippen LogP contribution in [0.1, 0.15) is 69.6 Å². The van der Waals surface area contributed by atoms with Crippen molar-refractivity contribution < 1.29 is 66.5 Å². The predicted molar refractivity (Wildman–Crippen MR) is 185 cm³/mol. The summed E-state index contributed by atoms with van der Waals surface area (Å²) in [4.78, 5) is 52.7. The van der Waals surface area contributed by atoms with Gasteiger partial charge in [0.1, 0.15) is 11.4 Å². The molecule has 0 aliphatic carbocycles. The van der Waals surface area contributed by atoms with Crippen molar-refractivity contribution in [3.63, 3.8) is 0 Å². The van der Waals surface area contributed by atoms with E-state index in [1.807, 2.05) is 0 Å². The number of methoxy groups -OCH3 is 6. The van der Waals surface area contributed by atoms with Crippen LogP contribution in [0, 0.1) is 0 Å². The van der Waals surface area contributed by atoms with E-state index in [-0.39, 0.29) is 94.8 Å². The summed E-state index contributed by atoms with van der Waals surface area (Å²) < 4.78 is 58.1. The highest BCUT2D eigenvalue weighted by molar-refractivity contribution is 6.03. The Hall–Kier alpha value is -6.60. The zero-order chi connectivity index (χ0) is 39.7. The van der Waals surface area contributed by atoms with Gasteiger partial charge in [0.15, 0.2) is 45.9 Å². The van der Waals surface area contributed by atoms with Crippen molar-refractivity contribution in [1.82, 2.24) is 30.0 Å². The molecule has 0 atom stereocenters. The molecule has 4 aromatic rings. The number of ether oxygens (including phenoxy) is 10. The normalized spacial score (nSPS) is 10.6. The van der Waals surface area contributed by atoms with Gasteiger partial charge in [-0.3, -0.25) is 0 Å². The number of nitrogens with zero attached hydrogens (tertiary/aromatic N) is 6. The van der Waals surface area contributed by atoms with Crippen LogP contribution in [0.3, 0.4) is 0 Å². The highest BCUT2D eigenvalue weighted by atomic mass is 16.6. The van der Waals surface area contributed by atoms with Gasteiger partial charge in [-0.05, 0) is 27.7 Å². The maximum Gasteiger partial charge on any atom is 0.361 e. The van der Waals surface area contributed by atoms with Crippen LogP contribution in [-0.2, 0) is 18.9 Å². The number of carbonyl (C=O) groups excluding carboxylic acids is 4. The number of aromatic nitrogens is 6. The number of benzene rings is 2. The Morgan fingerprint density at radius 3 is 1.07 bits per heavy atom. The number of hydrogen-bond acceptors (Lipinski definition) is 18. The van der Waals surface area contributed by atoms with E-state index in [0.717, 1.165) is 9.36 Å². The summed E-state index contributed by atoms with van der Waals surface area (Å²) in [6, 6.07) is 2.85. The lowest BCUT2D eigenvalue weighted by atomic mass is 9.97. The van der Waals surface area contributed by atoms with Crippen LogP contribution < -0.4 is 28.4 Å². The number of rotatable bonds is 17. The molecule has 2 heterocycles. The first kappa shape index (κ1) is 40.2. The van der Waals surface area contributed by atoms with Gasteiger partial charge in [-0.25, -0.2) is 28.5 Å². The van der Waals surface area contributed by atoms with Crippen molar-refractivity contribution in [3.8, 4) is 57.0 Å². The van der Waals surface area contributed by atoms with E-state index in [4.69, 9.17) is 47.4 Å². The van der Waals surface area contributed by atoms with E-state index in [2.05, 4.69) is 20.6 Å². The molecule has 290 valence electrons. The van der Waals surface area contributed by atoms with E-state index in [9.17, 15) is 19.2 Å². The Kier molecular flexibility index (Phi) is 13.2. The van der Waals surface area contributed by atoms with Crippen LogP contribution in [0.25, 0.3) is 22.5 Å². The van der Waals surface area contributed by atoms with Gasteiger partial charge in [-0.1, -0.05) is 10.4 Å². The van der Waals surface area contributed by atoms with Crippen molar-refractivity contribution in [2.24, 2.45) is 0 Å². The lowest BCUT2D eigenvalue weighted by Crippen LogP contribution is -2.18. The molecule has 0 bridgehead atoms. The number of hydrogen-bond donors (Lipinski definition) is 0. The average molecular weight is 757 g/mol. The fourth-order valence-corrected chi connectivity index (χ4v) is 5.45. The highest BCUT2D eigenvalue weighted by Gasteiger charge is 2.37. The van der Waals surface area contributed by atoms with Crippen molar-refractivity contribution in [1.29, 1.82) is 0 Å². The van der Waals surface area contributed by atoms with Gasteiger partial charge in [0.05, 0.1) is 80.2 Å². The first-order valence-corrected chi connectivity index (χ1v) is 16.3. The molecule has 0 fully saturated rings. The van der Waals surface area contributed by atoms with E-state index >= 15 is 0 Å². The summed E-state index contributed by atoms with van der Waals surface area (Å²) in [5.74, 6) is -3.62. The molecule has 4 rings (SSSR count). The molecule has 0 saturated carbocycles. The van der Waals surface area contributed by atoms with Crippen molar-refractivity contribution >= 4 is 23.9 Å². The molecule has 2 aromatic carbocycles. The number of esters is 4. The lowest BCUT2D eigenvalue weighted by Gasteiger charge is -2.25. The van der Waals surface area contributed by atoms with Gasteiger partial charge < -0.3 is 47.4 Å². The van der Waals surface area contributed by atoms with Gasteiger partial charge >= 0.3 is 23.9 Å². The summed E-state index contributed by atoms with van der Waals surface area (Å²) >= 11 is 0. The van der Waals surface area contributed by atoms with E-state index < -0.39 is 35.3 Å². The number of carbonyl (C=O) groups is 4. The van der Waals surface area contributed by atoms with Gasteiger partial charge in [-0.2, -0.15) is 0 Å². The molecule has 0 radical (unpaired) electrons. The average Bonchev–Trinajstić information content (AvgIpc) is 3.82. The minimum atomic E-state index is -0.946. The molecule has 0 amide bonds. The lowest BCUT2D eigenvalue weighted by molar-refractivity contribution is 0.0469. The molecule has 0 unspecified atom stereocenters. The fourth-order valence-electron chi connectivity index (χ4n) is 5.45. The Labute approximate surface area is 309 Å². The smallest absolute Gasteiger partial charge is 0.361 e. The second kappa shape index (κ2) is 17.8. The maximum absolute atomic E-state index is 13.4. The van der Waals surface area contributed by atoms with Crippen molar-refractivity contribution in [2.75, 3.05) is 69.1 Å². The molecule has 0 saturated heterocycles. The monoisotopic (exact) mass is 756 g/mol. The van der Waals surface area contributed by atoms with Gasteiger partial charge in [0.2, 0.25) is 11.4 Å². The summed E-state index contributed by atoms with van der Waals surface area (Å²) in [6.07, 6.45) is 0. The van der Waals surface area contributed by atoms with Gasteiger partial charge in [-0.15, -0.1) is 10.2 Å².